The molecule has 0 radical (unpaired) electrons. The van der Waals surface area contributed by atoms with Gasteiger partial charge in [0.1, 0.15) is 5.82 Å². The molecule has 1 aromatic carbocycles. The molecule has 1 aliphatic carbocycles. The van der Waals surface area contributed by atoms with Crippen molar-refractivity contribution >= 4 is 15.9 Å². The zero-order valence-corrected chi connectivity index (χ0v) is 14.8. The van der Waals surface area contributed by atoms with Crippen LogP contribution in [0.15, 0.2) is 22.7 Å². The second kappa shape index (κ2) is 7.21. The molecule has 0 aliphatic heterocycles. The largest absolute Gasteiger partial charge is 0.311 e. The first-order chi connectivity index (χ1) is 9.93. The molecule has 0 amide bonds. The van der Waals surface area contributed by atoms with Gasteiger partial charge in [-0.05, 0) is 50.6 Å². The predicted octanol–water partition coefficient (Wildman–Crippen LogP) is 4.19. The molecule has 0 bridgehead atoms. The van der Waals surface area contributed by atoms with Crippen LogP contribution in [0, 0.1) is 11.7 Å². The Balaban J connectivity index is 1.96. The molecule has 1 aromatic rings. The first kappa shape index (κ1) is 16.9. The fourth-order valence-corrected chi connectivity index (χ4v) is 3.94. The van der Waals surface area contributed by atoms with E-state index >= 15 is 0 Å². The Kier molecular flexibility index (Phi) is 5.81. The summed E-state index contributed by atoms with van der Waals surface area (Å²) in [4.78, 5) is 2.38. The molecule has 4 heteroatoms. The van der Waals surface area contributed by atoms with Crippen molar-refractivity contribution in [3.8, 4) is 0 Å². The highest BCUT2D eigenvalue weighted by atomic mass is 79.9. The van der Waals surface area contributed by atoms with E-state index in [0.29, 0.717) is 0 Å². The Morgan fingerprint density at radius 3 is 2.81 bits per heavy atom. The average molecular weight is 357 g/mol. The topological polar surface area (TPSA) is 15.3 Å². The van der Waals surface area contributed by atoms with E-state index in [1.54, 1.807) is 0 Å². The van der Waals surface area contributed by atoms with Crippen LogP contribution in [0.3, 0.4) is 0 Å². The van der Waals surface area contributed by atoms with Gasteiger partial charge in [0, 0.05) is 23.1 Å². The first-order valence-electron chi connectivity index (χ1n) is 7.75. The standard InChI is InChI=1S/C17H26BrFN2/c1-13-5-4-8-17(10-13,21(2)3)12-20-11-14-6-7-15(19)9-16(14)18/h6-7,9,13,20H,4-5,8,10-12H2,1-3H3. The molecule has 2 unspecified atom stereocenters. The number of hydrogen-bond donors (Lipinski definition) is 1. The van der Waals surface area contributed by atoms with Crippen LogP contribution in [0.1, 0.15) is 38.2 Å². The summed E-state index contributed by atoms with van der Waals surface area (Å²) in [6.07, 6.45) is 5.15. The Morgan fingerprint density at radius 2 is 2.19 bits per heavy atom. The third-order valence-corrected chi connectivity index (χ3v) is 5.54. The van der Waals surface area contributed by atoms with Gasteiger partial charge in [-0.2, -0.15) is 0 Å². The zero-order chi connectivity index (χ0) is 15.5. The smallest absolute Gasteiger partial charge is 0.124 e. The molecule has 0 heterocycles. The third kappa shape index (κ3) is 4.27. The van der Waals surface area contributed by atoms with Crippen LogP contribution in [-0.2, 0) is 6.54 Å². The van der Waals surface area contributed by atoms with Gasteiger partial charge in [-0.25, -0.2) is 4.39 Å². The van der Waals surface area contributed by atoms with Crippen LogP contribution >= 0.6 is 15.9 Å². The Morgan fingerprint density at radius 1 is 1.43 bits per heavy atom. The van der Waals surface area contributed by atoms with Crippen LogP contribution < -0.4 is 5.32 Å². The maximum absolute atomic E-state index is 13.1. The number of hydrogen-bond acceptors (Lipinski definition) is 2. The van der Waals surface area contributed by atoms with E-state index in [-0.39, 0.29) is 11.4 Å². The number of likely N-dealkylation sites (N-methyl/N-ethyl adjacent to an activating group) is 1. The summed E-state index contributed by atoms with van der Waals surface area (Å²) in [5.74, 6) is 0.594. The highest BCUT2D eigenvalue weighted by Crippen LogP contribution is 2.35. The molecule has 2 rings (SSSR count). The zero-order valence-electron chi connectivity index (χ0n) is 13.3. The molecule has 1 fully saturated rings. The predicted molar refractivity (Wildman–Crippen MR) is 89.9 cm³/mol. The molecule has 1 N–H and O–H groups in total. The van der Waals surface area contributed by atoms with Crippen LogP contribution in [0.25, 0.3) is 0 Å². The summed E-state index contributed by atoms with van der Waals surface area (Å²) >= 11 is 3.43. The third-order valence-electron chi connectivity index (χ3n) is 4.80. The maximum atomic E-state index is 13.1. The maximum Gasteiger partial charge on any atom is 0.124 e. The quantitative estimate of drug-likeness (QED) is 0.850. The lowest BCUT2D eigenvalue weighted by atomic mass is 9.75. The minimum atomic E-state index is -0.198. The monoisotopic (exact) mass is 356 g/mol. The number of benzene rings is 1. The normalized spacial score (nSPS) is 26.3. The van der Waals surface area contributed by atoms with Crippen LogP contribution in [0.5, 0.6) is 0 Å². The average Bonchev–Trinajstić information content (AvgIpc) is 2.41. The van der Waals surface area contributed by atoms with Gasteiger partial charge in [-0.3, -0.25) is 0 Å². The lowest BCUT2D eigenvalue weighted by molar-refractivity contribution is 0.0749. The number of nitrogens with zero attached hydrogens (tertiary/aromatic N) is 1. The van der Waals surface area contributed by atoms with E-state index in [9.17, 15) is 4.39 Å². The minimum absolute atomic E-state index is 0.198. The lowest BCUT2D eigenvalue weighted by Gasteiger charge is -2.45. The fourth-order valence-electron chi connectivity index (χ4n) is 3.45. The molecule has 0 aromatic heterocycles. The number of halogens is 2. The van der Waals surface area contributed by atoms with Gasteiger partial charge >= 0.3 is 0 Å². The summed E-state index contributed by atoms with van der Waals surface area (Å²) in [6.45, 7) is 4.10. The highest BCUT2D eigenvalue weighted by molar-refractivity contribution is 9.10. The first-order valence-corrected chi connectivity index (χ1v) is 8.54. The fraction of sp³-hybridized carbons (Fsp3) is 0.647. The van der Waals surface area contributed by atoms with Crippen molar-refractivity contribution in [2.45, 2.75) is 44.7 Å². The van der Waals surface area contributed by atoms with E-state index in [1.165, 1.54) is 37.8 Å². The summed E-state index contributed by atoms with van der Waals surface area (Å²) in [5.41, 5.74) is 1.36. The minimum Gasteiger partial charge on any atom is -0.311 e. The van der Waals surface area contributed by atoms with Crippen molar-refractivity contribution in [2.24, 2.45) is 5.92 Å². The van der Waals surface area contributed by atoms with Gasteiger partial charge in [0.2, 0.25) is 0 Å². The number of rotatable bonds is 5. The van der Waals surface area contributed by atoms with Crippen molar-refractivity contribution < 1.29 is 4.39 Å². The van der Waals surface area contributed by atoms with Crippen LogP contribution in [0.2, 0.25) is 0 Å². The van der Waals surface area contributed by atoms with Crippen LogP contribution in [-0.4, -0.2) is 31.1 Å². The summed E-state index contributed by atoms with van der Waals surface area (Å²) in [7, 11) is 4.38. The van der Waals surface area contributed by atoms with Crippen molar-refractivity contribution in [3.63, 3.8) is 0 Å². The van der Waals surface area contributed by atoms with Crippen molar-refractivity contribution in [3.05, 3.63) is 34.1 Å². The SMILES string of the molecule is CC1CCCC(CNCc2ccc(F)cc2Br)(N(C)C)C1. The van der Waals surface area contributed by atoms with E-state index in [4.69, 9.17) is 0 Å². The Bertz CT molecular complexity index is 478. The molecule has 21 heavy (non-hydrogen) atoms. The summed E-state index contributed by atoms with van der Waals surface area (Å²) in [6, 6.07) is 4.89. The molecule has 1 aliphatic rings. The molecule has 2 atom stereocenters. The van der Waals surface area contributed by atoms with Crippen molar-refractivity contribution in [1.29, 1.82) is 0 Å². The van der Waals surface area contributed by atoms with Gasteiger partial charge in [-0.1, -0.05) is 41.8 Å². The van der Waals surface area contributed by atoms with Crippen molar-refractivity contribution in [1.82, 2.24) is 10.2 Å². The molecule has 1 saturated carbocycles. The van der Waals surface area contributed by atoms with Gasteiger partial charge < -0.3 is 10.2 Å². The highest BCUT2D eigenvalue weighted by Gasteiger charge is 2.36. The second-order valence-electron chi connectivity index (χ2n) is 6.66. The molecule has 0 spiro atoms. The van der Waals surface area contributed by atoms with E-state index in [1.807, 2.05) is 6.07 Å². The van der Waals surface area contributed by atoms with Gasteiger partial charge in [-0.15, -0.1) is 0 Å². The Hall–Kier alpha value is -0.450. The Labute approximate surface area is 136 Å². The van der Waals surface area contributed by atoms with Gasteiger partial charge in [0.15, 0.2) is 0 Å². The van der Waals surface area contributed by atoms with Gasteiger partial charge in [0.05, 0.1) is 0 Å². The molecular weight excluding hydrogens is 331 g/mol. The molecule has 2 nitrogen and oxygen atoms in total. The van der Waals surface area contributed by atoms with E-state index in [2.05, 4.69) is 47.2 Å². The van der Waals surface area contributed by atoms with Crippen LogP contribution in [0.4, 0.5) is 4.39 Å². The summed E-state index contributed by atoms with van der Waals surface area (Å²) in [5, 5.41) is 3.58. The molecule has 0 saturated heterocycles. The lowest BCUT2D eigenvalue weighted by Crippen LogP contribution is -2.54. The molecule has 118 valence electrons. The van der Waals surface area contributed by atoms with E-state index < -0.39 is 0 Å². The van der Waals surface area contributed by atoms with Crippen molar-refractivity contribution in [2.75, 3.05) is 20.6 Å². The van der Waals surface area contributed by atoms with Gasteiger partial charge in [0.25, 0.3) is 0 Å². The van der Waals surface area contributed by atoms with E-state index in [0.717, 1.165) is 29.0 Å². The number of nitrogens with one attached hydrogen (secondary N) is 1. The second-order valence-corrected chi connectivity index (χ2v) is 7.51. The molecular formula is C17H26BrFN2. The summed E-state index contributed by atoms with van der Waals surface area (Å²) < 4.78 is 14.0.